The zero-order chi connectivity index (χ0) is 25.6. The number of carbonyl (C=O) groups excluding carboxylic acids is 2. The Morgan fingerprint density at radius 1 is 0.941 bits per heavy atom. The fourth-order valence-electron chi connectivity index (χ4n) is 3.51. The van der Waals surface area contributed by atoms with E-state index in [1.807, 2.05) is 71.0 Å². The largest absolute Gasteiger partial charge is 0.354 e. The maximum Gasteiger partial charge on any atom is 0.244 e. The van der Waals surface area contributed by atoms with E-state index < -0.39 is 28.5 Å². The van der Waals surface area contributed by atoms with Crippen LogP contribution in [0.4, 0.5) is 5.69 Å². The molecule has 2 rings (SSSR count). The SMILES string of the molecule is Cc1ccc(CN(C(=O)CN(c2cc(C)ccc2C)S(C)(=O)=O)C(C)C(=O)NCC(C)C)cc1. The Bertz CT molecular complexity index is 1110. The number of sulfonamides is 1. The van der Waals surface area contributed by atoms with Crippen LogP contribution in [0.25, 0.3) is 0 Å². The first kappa shape index (κ1) is 27.4. The van der Waals surface area contributed by atoms with Gasteiger partial charge in [-0.3, -0.25) is 13.9 Å². The molecule has 0 heterocycles. The van der Waals surface area contributed by atoms with Crippen molar-refractivity contribution in [2.75, 3.05) is 23.7 Å². The van der Waals surface area contributed by atoms with Crippen molar-refractivity contribution in [1.82, 2.24) is 10.2 Å². The summed E-state index contributed by atoms with van der Waals surface area (Å²) in [4.78, 5) is 27.9. The summed E-state index contributed by atoms with van der Waals surface area (Å²) in [5, 5.41) is 2.88. The monoisotopic (exact) mass is 487 g/mol. The molecule has 0 aromatic heterocycles. The minimum atomic E-state index is -3.75. The molecule has 0 bridgehead atoms. The van der Waals surface area contributed by atoms with Gasteiger partial charge in [0.15, 0.2) is 0 Å². The molecule has 0 radical (unpaired) electrons. The molecule has 1 atom stereocenters. The molecule has 0 saturated heterocycles. The van der Waals surface area contributed by atoms with Gasteiger partial charge in [-0.25, -0.2) is 8.42 Å². The van der Waals surface area contributed by atoms with Crippen molar-refractivity contribution in [1.29, 1.82) is 0 Å². The second-order valence-corrected chi connectivity index (χ2v) is 11.3. The molecular weight excluding hydrogens is 450 g/mol. The van der Waals surface area contributed by atoms with Crippen molar-refractivity contribution < 1.29 is 18.0 Å². The predicted octanol–water partition coefficient (Wildman–Crippen LogP) is 3.57. The predicted molar refractivity (Wildman–Crippen MR) is 137 cm³/mol. The Morgan fingerprint density at radius 3 is 2.09 bits per heavy atom. The fraction of sp³-hybridized carbons (Fsp3) is 0.462. The molecule has 0 fully saturated rings. The number of rotatable bonds is 10. The van der Waals surface area contributed by atoms with E-state index in [0.717, 1.165) is 32.8 Å². The summed E-state index contributed by atoms with van der Waals surface area (Å²) in [7, 11) is -3.75. The highest BCUT2D eigenvalue weighted by molar-refractivity contribution is 7.92. The van der Waals surface area contributed by atoms with E-state index in [-0.39, 0.29) is 18.4 Å². The number of nitrogens with zero attached hydrogens (tertiary/aromatic N) is 2. The standard InChI is InChI=1S/C26H37N3O4S/c1-18(2)15-27-26(31)22(6)28(16-23-12-9-19(3)10-13-23)25(30)17-29(34(7,32)33)24-14-20(4)8-11-21(24)5/h8-14,18,22H,15-17H2,1-7H3,(H,27,31). The minimum Gasteiger partial charge on any atom is -0.354 e. The summed E-state index contributed by atoms with van der Waals surface area (Å²) in [5.74, 6) is -0.451. The summed E-state index contributed by atoms with van der Waals surface area (Å²) in [5.41, 5.74) is 4.04. The van der Waals surface area contributed by atoms with Crippen LogP contribution < -0.4 is 9.62 Å². The van der Waals surface area contributed by atoms with Crippen LogP contribution in [0.3, 0.4) is 0 Å². The number of aryl methyl sites for hydroxylation is 3. The number of benzene rings is 2. The normalized spacial score (nSPS) is 12.4. The van der Waals surface area contributed by atoms with Gasteiger partial charge in [-0.15, -0.1) is 0 Å². The molecule has 186 valence electrons. The number of carbonyl (C=O) groups is 2. The number of amides is 2. The summed E-state index contributed by atoms with van der Waals surface area (Å²) >= 11 is 0. The van der Waals surface area contributed by atoms with Gasteiger partial charge in [-0.1, -0.05) is 55.8 Å². The Morgan fingerprint density at radius 2 is 1.53 bits per heavy atom. The van der Waals surface area contributed by atoms with E-state index in [1.54, 1.807) is 13.0 Å². The number of nitrogens with one attached hydrogen (secondary N) is 1. The molecule has 8 heteroatoms. The Balaban J connectivity index is 2.40. The number of anilines is 1. The topological polar surface area (TPSA) is 86.8 Å². The maximum absolute atomic E-state index is 13.6. The van der Waals surface area contributed by atoms with Crippen molar-refractivity contribution in [2.45, 2.75) is 54.1 Å². The van der Waals surface area contributed by atoms with E-state index in [2.05, 4.69) is 5.32 Å². The summed E-state index contributed by atoms with van der Waals surface area (Å²) < 4.78 is 26.5. The van der Waals surface area contributed by atoms with Gasteiger partial charge in [0, 0.05) is 13.1 Å². The van der Waals surface area contributed by atoms with Gasteiger partial charge in [0.1, 0.15) is 12.6 Å². The maximum atomic E-state index is 13.6. The van der Waals surface area contributed by atoms with Crippen LogP contribution in [0.1, 0.15) is 43.0 Å². The Labute approximate surface area is 204 Å². The second kappa shape index (κ2) is 11.5. The molecule has 34 heavy (non-hydrogen) atoms. The van der Waals surface area contributed by atoms with Crippen LogP contribution in [-0.4, -0.2) is 50.5 Å². The molecule has 0 saturated carbocycles. The molecule has 0 spiro atoms. The molecule has 1 unspecified atom stereocenters. The first-order valence-corrected chi connectivity index (χ1v) is 13.3. The Hall–Kier alpha value is -2.87. The van der Waals surface area contributed by atoms with Crippen LogP contribution in [0.5, 0.6) is 0 Å². The van der Waals surface area contributed by atoms with E-state index in [1.165, 1.54) is 4.90 Å². The van der Waals surface area contributed by atoms with Crippen LogP contribution in [0.2, 0.25) is 0 Å². The van der Waals surface area contributed by atoms with Gasteiger partial charge in [0.2, 0.25) is 21.8 Å². The van der Waals surface area contributed by atoms with Crippen LogP contribution in [0, 0.1) is 26.7 Å². The fourth-order valence-corrected chi connectivity index (χ4v) is 4.41. The minimum absolute atomic E-state index is 0.194. The van der Waals surface area contributed by atoms with Crippen LogP contribution >= 0.6 is 0 Å². The molecule has 1 N–H and O–H groups in total. The smallest absolute Gasteiger partial charge is 0.244 e. The lowest BCUT2D eigenvalue weighted by Crippen LogP contribution is -2.51. The first-order chi connectivity index (χ1) is 15.8. The number of hydrogen-bond acceptors (Lipinski definition) is 4. The lowest BCUT2D eigenvalue weighted by molar-refractivity contribution is -0.139. The van der Waals surface area contributed by atoms with E-state index in [0.29, 0.717) is 12.2 Å². The van der Waals surface area contributed by atoms with E-state index >= 15 is 0 Å². The highest BCUT2D eigenvalue weighted by Crippen LogP contribution is 2.24. The molecule has 0 aliphatic heterocycles. The summed E-state index contributed by atoms with van der Waals surface area (Å²) in [6.45, 7) is 11.6. The quantitative estimate of drug-likeness (QED) is 0.555. The van der Waals surface area contributed by atoms with Crippen molar-refractivity contribution in [3.8, 4) is 0 Å². The van der Waals surface area contributed by atoms with Crippen molar-refractivity contribution in [3.63, 3.8) is 0 Å². The van der Waals surface area contributed by atoms with Gasteiger partial charge in [0.25, 0.3) is 0 Å². The second-order valence-electron chi connectivity index (χ2n) is 9.38. The third-order valence-corrected chi connectivity index (χ3v) is 6.76. The van der Waals surface area contributed by atoms with Crippen molar-refractivity contribution in [2.24, 2.45) is 5.92 Å². The van der Waals surface area contributed by atoms with Gasteiger partial charge < -0.3 is 10.2 Å². The highest BCUT2D eigenvalue weighted by Gasteiger charge is 2.30. The zero-order valence-corrected chi connectivity index (χ0v) is 22.1. The Kier molecular flexibility index (Phi) is 9.27. The lowest BCUT2D eigenvalue weighted by Gasteiger charge is -2.32. The molecule has 2 aromatic rings. The summed E-state index contributed by atoms with van der Waals surface area (Å²) in [6, 6.07) is 12.4. The van der Waals surface area contributed by atoms with Gasteiger partial charge in [-0.2, -0.15) is 0 Å². The van der Waals surface area contributed by atoms with Gasteiger partial charge in [0.05, 0.1) is 11.9 Å². The van der Waals surface area contributed by atoms with E-state index in [4.69, 9.17) is 0 Å². The van der Waals surface area contributed by atoms with Crippen LogP contribution in [0.15, 0.2) is 42.5 Å². The average Bonchev–Trinajstić information content (AvgIpc) is 2.75. The highest BCUT2D eigenvalue weighted by atomic mass is 32.2. The van der Waals surface area contributed by atoms with E-state index in [9.17, 15) is 18.0 Å². The van der Waals surface area contributed by atoms with Gasteiger partial charge in [-0.05, 0) is 56.4 Å². The van der Waals surface area contributed by atoms with Crippen LogP contribution in [-0.2, 0) is 26.2 Å². The average molecular weight is 488 g/mol. The first-order valence-electron chi connectivity index (χ1n) is 11.5. The molecule has 2 amide bonds. The third kappa shape index (κ3) is 7.58. The molecule has 0 aliphatic carbocycles. The third-order valence-electron chi connectivity index (χ3n) is 5.64. The number of hydrogen-bond donors (Lipinski definition) is 1. The molecule has 7 nitrogen and oxygen atoms in total. The van der Waals surface area contributed by atoms with Crippen molar-refractivity contribution >= 4 is 27.5 Å². The molecule has 2 aromatic carbocycles. The summed E-state index contributed by atoms with van der Waals surface area (Å²) in [6.07, 6.45) is 1.09. The van der Waals surface area contributed by atoms with Gasteiger partial charge >= 0.3 is 0 Å². The molecule has 0 aliphatic rings. The van der Waals surface area contributed by atoms with Crippen molar-refractivity contribution in [3.05, 3.63) is 64.7 Å². The molecular formula is C26H37N3O4S. The lowest BCUT2D eigenvalue weighted by atomic mass is 10.1. The zero-order valence-electron chi connectivity index (χ0n) is 21.3.